The Morgan fingerprint density at radius 1 is 1.21 bits per heavy atom. The van der Waals surface area contributed by atoms with E-state index in [-0.39, 0.29) is 0 Å². The summed E-state index contributed by atoms with van der Waals surface area (Å²) in [6.07, 6.45) is 1.61. The van der Waals surface area contributed by atoms with Crippen LogP contribution in [0.4, 0.5) is 0 Å². The first-order chi connectivity index (χ1) is 9.01. The molecule has 0 saturated carbocycles. The predicted molar refractivity (Wildman–Crippen MR) is 78.6 cm³/mol. The SMILES string of the molecule is COc1c(C)cc(CCN(C)CCC#N)c(C)c1C. The van der Waals surface area contributed by atoms with Crippen molar-refractivity contribution in [2.24, 2.45) is 0 Å². The number of rotatable bonds is 6. The molecular weight excluding hydrogens is 236 g/mol. The Hall–Kier alpha value is -1.53. The Balaban J connectivity index is 2.77. The molecule has 0 heterocycles. The summed E-state index contributed by atoms with van der Waals surface area (Å²) in [6.45, 7) is 8.18. The van der Waals surface area contributed by atoms with Gasteiger partial charge < -0.3 is 9.64 Å². The fourth-order valence-corrected chi connectivity index (χ4v) is 2.38. The minimum absolute atomic E-state index is 0.593. The Morgan fingerprint density at radius 3 is 2.47 bits per heavy atom. The monoisotopic (exact) mass is 260 g/mol. The molecule has 0 radical (unpaired) electrons. The van der Waals surface area contributed by atoms with Crippen LogP contribution in [0.2, 0.25) is 0 Å². The molecule has 0 atom stereocenters. The van der Waals surface area contributed by atoms with Crippen molar-refractivity contribution in [2.75, 3.05) is 27.2 Å². The molecular formula is C16H24N2O. The van der Waals surface area contributed by atoms with Gasteiger partial charge in [0.15, 0.2) is 0 Å². The van der Waals surface area contributed by atoms with E-state index in [2.05, 4.69) is 44.9 Å². The quantitative estimate of drug-likeness (QED) is 0.789. The highest BCUT2D eigenvalue weighted by atomic mass is 16.5. The lowest BCUT2D eigenvalue weighted by Gasteiger charge is -2.18. The Morgan fingerprint density at radius 2 is 1.89 bits per heavy atom. The maximum absolute atomic E-state index is 8.58. The number of nitrogens with zero attached hydrogens (tertiary/aromatic N) is 2. The molecule has 0 spiro atoms. The van der Waals surface area contributed by atoms with Crippen molar-refractivity contribution in [1.29, 1.82) is 5.26 Å². The lowest BCUT2D eigenvalue weighted by Crippen LogP contribution is -2.22. The summed E-state index contributed by atoms with van der Waals surface area (Å²) in [7, 11) is 3.79. The molecule has 0 saturated heterocycles. The molecule has 0 aliphatic rings. The van der Waals surface area contributed by atoms with Gasteiger partial charge in [-0.15, -0.1) is 0 Å². The van der Waals surface area contributed by atoms with Crippen LogP contribution >= 0.6 is 0 Å². The third-order valence-corrected chi connectivity index (χ3v) is 3.71. The van der Waals surface area contributed by atoms with Crippen LogP contribution in [-0.2, 0) is 6.42 Å². The van der Waals surface area contributed by atoms with Crippen molar-refractivity contribution in [1.82, 2.24) is 4.90 Å². The minimum atomic E-state index is 0.593. The molecule has 0 aliphatic carbocycles. The van der Waals surface area contributed by atoms with Crippen molar-refractivity contribution in [3.8, 4) is 11.8 Å². The van der Waals surface area contributed by atoms with Crippen molar-refractivity contribution < 1.29 is 4.74 Å². The summed E-state index contributed by atoms with van der Waals surface area (Å²) < 4.78 is 5.44. The number of nitriles is 1. The molecule has 3 heteroatoms. The van der Waals surface area contributed by atoms with E-state index in [1.165, 1.54) is 22.3 Å². The highest BCUT2D eigenvalue weighted by molar-refractivity contribution is 5.49. The highest BCUT2D eigenvalue weighted by Gasteiger charge is 2.11. The average molecular weight is 260 g/mol. The number of hydrogen-bond donors (Lipinski definition) is 0. The second-order valence-electron chi connectivity index (χ2n) is 5.10. The fourth-order valence-electron chi connectivity index (χ4n) is 2.38. The molecule has 0 aliphatic heterocycles. The molecule has 0 aromatic heterocycles. The van der Waals surface area contributed by atoms with Gasteiger partial charge in [-0.05, 0) is 56.5 Å². The zero-order valence-corrected chi connectivity index (χ0v) is 12.7. The van der Waals surface area contributed by atoms with Gasteiger partial charge in [0, 0.05) is 19.5 Å². The van der Waals surface area contributed by atoms with Crippen LogP contribution < -0.4 is 4.74 Å². The van der Waals surface area contributed by atoms with Gasteiger partial charge in [-0.2, -0.15) is 5.26 Å². The molecule has 19 heavy (non-hydrogen) atoms. The van der Waals surface area contributed by atoms with Crippen molar-refractivity contribution in [3.05, 3.63) is 28.3 Å². The van der Waals surface area contributed by atoms with Gasteiger partial charge in [0.1, 0.15) is 5.75 Å². The van der Waals surface area contributed by atoms with E-state index in [0.29, 0.717) is 6.42 Å². The molecule has 0 fully saturated rings. The first kappa shape index (κ1) is 15.5. The van der Waals surface area contributed by atoms with Crippen LogP contribution in [0.1, 0.15) is 28.7 Å². The summed E-state index contributed by atoms with van der Waals surface area (Å²) in [5, 5.41) is 8.58. The number of likely N-dealkylation sites (N-methyl/N-ethyl adjacent to an activating group) is 1. The van der Waals surface area contributed by atoms with Gasteiger partial charge in [-0.1, -0.05) is 6.07 Å². The zero-order chi connectivity index (χ0) is 14.4. The van der Waals surface area contributed by atoms with Crippen molar-refractivity contribution >= 4 is 0 Å². The summed E-state index contributed by atoms with van der Waals surface area (Å²) in [4.78, 5) is 2.21. The summed E-state index contributed by atoms with van der Waals surface area (Å²) >= 11 is 0. The number of benzene rings is 1. The zero-order valence-electron chi connectivity index (χ0n) is 12.7. The van der Waals surface area contributed by atoms with E-state index in [1.807, 2.05) is 0 Å². The number of aryl methyl sites for hydroxylation is 1. The second-order valence-corrected chi connectivity index (χ2v) is 5.10. The average Bonchev–Trinajstić information content (AvgIpc) is 2.39. The number of ether oxygens (including phenoxy) is 1. The van der Waals surface area contributed by atoms with Gasteiger partial charge >= 0.3 is 0 Å². The Kier molecular flexibility index (Phi) is 5.85. The van der Waals surface area contributed by atoms with E-state index in [1.54, 1.807) is 7.11 Å². The third kappa shape index (κ3) is 3.97. The lowest BCUT2D eigenvalue weighted by atomic mass is 9.96. The van der Waals surface area contributed by atoms with Crippen LogP contribution in [-0.4, -0.2) is 32.1 Å². The van der Waals surface area contributed by atoms with Crippen LogP contribution in [0.3, 0.4) is 0 Å². The predicted octanol–water partition coefficient (Wildman–Crippen LogP) is 3.01. The van der Waals surface area contributed by atoms with E-state index in [0.717, 1.165) is 25.3 Å². The van der Waals surface area contributed by atoms with Crippen LogP contribution in [0.15, 0.2) is 6.07 Å². The van der Waals surface area contributed by atoms with Gasteiger partial charge in [0.2, 0.25) is 0 Å². The molecule has 0 amide bonds. The van der Waals surface area contributed by atoms with Crippen LogP contribution in [0.25, 0.3) is 0 Å². The highest BCUT2D eigenvalue weighted by Crippen LogP contribution is 2.28. The molecule has 104 valence electrons. The molecule has 0 bridgehead atoms. The van der Waals surface area contributed by atoms with Gasteiger partial charge in [0.05, 0.1) is 13.2 Å². The summed E-state index contributed by atoms with van der Waals surface area (Å²) in [6, 6.07) is 4.40. The Bertz CT molecular complexity index is 475. The standard InChI is InChI=1S/C16H24N2O/c1-12-11-15(7-10-18(4)9-6-8-17)13(2)14(3)16(12)19-5/h11H,6-7,9-10H2,1-5H3. The molecule has 1 aromatic carbocycles. The maximum Gasteiger partial charge on any atom is 0.124 e. The van der Waals surface area contributed by atoms with E-state index in [9.17, 15) is 0 Å². The van der Waals surface area contributed by atoms with Gasteiger partial charge in [0.25, 0.3) is 0 Å². The number of hydrogen-bond acceptors (Lipinski definition) is 3. The smallest absolute Gasteiger partial charge is 0.124 e. The van der Waals surface area contributed by atoms with E-state index in [4.69, 9.17) is 10.00 Å². The number of methoxy groups -OCH3 is 1. The van der Waals surface area contributed by atoms with Crippen molar-refractivity contribution in [3.63, 3.8) is 0 Å². The lowest BCUT2D eigenvalue weighted by molar-refractivity contribution is 0.346. The topological polar surface area (TPSA) is 36.3 Å². The summed E-state index contributed by atoms with van der Waals surface area (Å²) in [5.41, 5.74) is 5.12. The third-order valence-electron chi connectivity index (χ3n) is 3.71. The first-order valence-corrected chi connectivity index (χ1v) is 6.70. The second kappa shape index (κ2) is 7.16. The van der Waals surface area contributed by atoms with Crippen LogP contribution in [0, 0.1) is 32.1 Å². The largest absolute Gasteiger partial charge is 0.496 e. The normalized spacial score (nSPS) is 10.6. The molecule has 1 aromatic rings. The minimum Gasteiger partial charge on any atom is -0.496 e. The van der Waals surface area contributed by atoms with Crippen LogP contribution in [0.5, 0.6) is 5.75 Å². The maximum atomic E-state index is 8.58. The Labute approximate surface area is 116 Å². The van der Waals surface area contributed by atoms with E-state index < -0.39 is 0 Å². The molecule has 0 unspecified atom stereocenters. The molecule has 0 N–H and O–H groups in total. The van der Waals surface area contributed by atoms with E-state index >= 15 is 0 Å². The summed E-state index contributed by atoms with van der Waals surface area (Å²) in [5.74, 6) is 0.999. The molecule has 1 rings (SSSR count). The van der Waals surface area contributed by atoms with Gasteiger partial charge in [-0.25, -0.2) is 0 Å². The van der Waals surface area contributed by atoms with Crippen molar-refractivity contribution in [2.45, 2.75) is 33.6 Å². The molecule has 3 nitrogen and oxygen atoms in total. The fraction of sp³-hybridized carbons (Fsp3) is 0.562. The van der Waals surface area contributed by atoms with Gasteiger partial charge in [-0.3, -0.25) is 0 Å². The first-order valence-electron chi connectivity index (χ1n) is 6.70.